The fourth-order valence-corrected chi connectivity index (χ4v) is 1.21. The van der Waals surface area contributed by atoms with Gasteiger partial charge >= 0.3 is 7.60 Å². The molecule has 0 heterocycles. The summed E-state index contributed by atoms with van der Waals surface area (Å²) in [5, 5.41) is 0.0648. The lowest BCUT2D eigenvalue weighted by molar-refractivity contribution is 0.383. The van der Waals surface area contributed by atoms with Crippen LogP contribution < -0.4 is 0 Å². The Kier molecular flexibility index (Phi) is 3.58. The minimum atomic E-state index is -4.02. The third-order valence-electron chi connectivity index (χ3n) is 0.970. The Bertz CT molecular complexity index is 199. The third-order valence-corrected chi connectivity index (χ3v) is 2.05. The van der Waals surface area contributed by atoms with E-state index in [9.17, 15) is 4.57 Å². The van der Waals surface area contributed by atoms with Crippen LogP contribution in [-0.2, 0) is 4.57 Å². The largest absolute Gasteiger partial charge is 0.355 e. The van der Waals surface area contributed by atoms with Gasteiger partial charge in [-0.15, -0.1) is 0 Å². The highest BCUT2D eigenvalue weighted by Crippen LogP contribution is 2.45. The Morgan fingerprint density at radius 2 is 1.90 bits per heavy atom. The quantitative estimate of drug-likeness (QED) is 0.479. The van der Waals surface area contributed by atoms with Gasteiger partial charge in [-0.2, -0.15) is 0 Å². The predicted molar refractivity (Wildman–Crippen MR) is 40.6 cm³/mol. The Morgan fingerprint density at radius 3 is 2.00 bits per heavy atom. The molecule has 0 radical (unpaired) electrons. The molecule has 0 atom stereocenters. The summed E-state index contributed by atoms with van der Waals surface area (Å²) in [5.74, 6) is 0. The van der Waals surface area contributed by atoms with Crippen LogP contribution in [0.1, 0.15) is 13.8 Å². The van der Waals surface area contributed by atoms with Crippen molar-refractivity contribution in [3.05, 3.63) is 23.5 Å². The maximum Gasteiger partial charge on any atom is 0.355 e. The Labute approximate surface area is 60.2 Å². The summed E-state index contributed by atoms with van der Waals surface area (Å²) in [6.07, 6.45) is 4.40. The maximum atomic E-state index is 10.5. The minimum Gasteiger partial charge on any atom is -0.321 e. The van der Waals surface area contributed by atoms with Crippen LogP contribution in [0.2, 0.25) is 0 Å². The molecular formula is C6H11O3P. The fraction of sp³-hybridized carbons (Fsp3) is 0.333. The lowest BCUT2D eigenvalue weighted by atomic mass is 10.4. The van der Waals surface area contributed by atoms with Gasteiger partial charge in [0.25, 0.3) is 0 Å². The number of hydrogen-bond donors (Lipinski definition) is 2. The van der Waals surface area contributed by atoms with Crippen LogP contribution >= 0.6 is 7.60 Å². The summed E-state index contributed by atoms with van der Waals surface area (Å²) in [5.41, 5.74) is 0. The molecule has 4 heteroatoms. The van der Waals surface area contributed by atoms with Crippen LogP contribution in [0.4, 0.5) is 0 Å². The Morgan fingerprint density at radius 1 is 1.40 bits per heavy atom. The van der Waals surface area contributed by atoms with Crippen molar-refractivity contribution in [1.29, 1.82) is 0 Å². The van der Waals surface area contributed by atoms with E-state index in [1.165, 1.54) is 12.2 Å². The normalized spacial score (nSPS) is 14.6. The molecule has 0 unspecified atom stereocenters. The smallest absolute Gasteiger partial charge is 0.321 e. The van der Waals surface area contributed by atoms with Crippen molar-refractivity contribution in [3.8, 4) is 0 Å². The summed E-state index contributed by atoms with van der Waals surface area (Å²) in [6.45, 7) is 3.30. The van der Waals surface area contributed by atoms with E-state index in [0.717, 1.165) is 0 Å². The van der Waals surface area contributed by atoms with E-state index in [1.54, 1.807) is 19.9 Å². The lowest BCUT2D eigenvalue weighted by Crippen LogP contribution is -1.79. The summed E-state index contributed by atoms with van der Waals surface area (Å²) in [6, 6.07) is 0. The second-order valence-electron chi connectivity index (χ2n) is 1.76. The third kappa shape index (κ3) is 2.97. The zero-order chi connectivity index (χ0) is 8.20. The standard InChI is InChI=1S/C6H11O3P/c1-3-5-6(4-2)10(7,8)9/h3-5H,1-2H3,(H2,7,8,9)/b5-3+,6-4+. The van der Waals surface area contributed by atoms with Crippen LogP contribution in [0.5, 0.6) is 0 Å². The van der Waals surface area contributed by atoms with E-state index < -0.39 is 7.60 Å². The van der Waals surface area contributed by atoms with Crippen LogP contribution in [0.25, 0.3) is 0 Å². The fourth-order valence-electron chi connectivity index (χ4n) is 0.532. The van der Waals surface area contributed by atoms with Crippen LogP contribution in [0, 0.1) is 0 Å². The van der Waals surface area contributed by atoms with E-state index in [2.05, 4.69) is 0 Å². The summed E-state index contributed by atoms with van der Waals surface area (Å²) in [4.78, 5) is 17.2. The average molecular weight is 162 g/mol. The van der Waals surface area contributed by atoms with E-state index in [1.807, 2.05) is 0 Å². The van der Waals surface area contributed by atoms with Gasteiger partial charge in [-0.05, 0) is 13.8 Å². The number of hydrogen-bond acceptors (Lipinski definition) is 1. The van der Waals surface area contributed by atoms with Crippen molar-refractivity contribution in [2.75, 3.05) is 0 Å². The highest BCUT2D eigenvalue weighted by molar-refractivity contribution is 7.56. The van der Waals surface area contributed by atoms with Gasteiger partial charge in [0, 0.05) is 0 Å². The number of rotatable bonds is 2. The van der Waals surface area contributed by atoms with Gasteiger partial charge in [0.2, 0.25) is 0 Å². The molecule has 0 spiro atoms. The van der Waals surface area contributed by atoms with Gasteiger partial charge in [0.1, 0.15) is 0 Å². The molecule has 10 heavy (non-hydrogen) atoms. The highest BCUT2D eigenvalue weighted by atomic mass is 31.2. The van der Waals surface area contributed by atoms with Gasteiger partial charge in [-0.25, -0.2) is 0 Å². The first-order valence-electron chi connectivity index (χ1n) is 2.87. The second kappa shape index (κ2) is 3.71. The van der Waals surface area contributed by atoms with Gasteiger partial charge in [-0.1, -0.05) is 18.2 Å². The lowest BCUT2D eigenvalue weighted by Gasteiger charge is -2.01. The molecule has 0 aliphatic heterocycles. The van der Waals surface area contributed by atoms with Crippen molar-refractivity contribution in [2.45, 2.75) is 13.8 Å². The monoisotopic (exact) mass is 162 g/mol. The molecule has 0 aromatic carbocycles. The highest BCUT2D eigenvalue weighted by Gasteiger charge is 2.15. The van der Waals surface area contributed by atoms with Crippen LogP contribution in [0.3, 0.4) is 0 Å². The molecule has 3 nitrogen and oxygen atoms in total. The molecule has 0 amide bonds. The van der Waals surface area contributed by atoms with Crippen LogP contribution in [0.15, 0.2) is 23.5 Å². The van der Waals surface area contributed by atoms with E-state index in [-0.39, 0.29) is 5.31 Å². The van der Waals surface area contributed by atoms with Gasteiger partial charge in [0.05, 0.1) is 5.31 Å². The van der Waals surface area contributed by atoms with Crippen molar-refractivity contribution >= 4 is 7.60 Å². The molecule has 2 N–H and O–H groups in total. The molecule has 0 aliphatic rings. The first-order valence-corrected chi connectivity index (χ1v) is 4.48. The second-order valence-corrected chi connectivity index (χ2v) is 3.36. The predicted octanol–water partition coefficient (Wildman–Crippen LogP) is 1.64. The van der Waals surface area contributed by atoms with Crippen molar-refractivity contribution in [3.63, 3.8) is 0 Å². The van der Waals surface area contributed by atoms with Crippen LogP contribution in [-0.4, -0.2) is 9.79 Å². The molecular weight excluding hydrogens is 151 g/mol. The van der Waals surface area contributed by atoms with E-state index >= 15 is 0 Å². The molecule has 0 fully saturated rings. The topological polar surface area (TPSA) is 57.5 Å². The van der Waals surface area contributed by atoms with E-state index in [0.29, 0.717) is 0 Å². The summed E-state index contributed by atoms with van der Waals surface area (Å²) < 4.78 is 10.5. The molecule has 0 aromatic rings. The van der Waals surface area contributed by atoms with Crippen molar-refractivity contribution in [2.24, 2.45) is 0 Å². The van der Waals surface area contributed by atoms with Gasteiger partial charge in [0.15, 0.2) is 0 Å². The van der Waals surface area contributed by atoms with E-state index in [4.69, 9.17) is 9.79 Å². The summed E-state index contributed by atoms with van der Waals surface area (Å²) in [7, 11) is -4.02. The molecule has 0 bridgehead atoms. The van der Waals surface area contributed by atoms with Gasteiger partial charge < -0.3 is 9.79 Å². The first kappa shape index (κ1) is 9.63. The molecule has 0 saturated heterocycles. The first-order chi connectivity index (χ1) is 4.52. The van der Waals surface area contributed by atoms with Crippen molar-refractivity contribution < 1.29 is 14.4 Å². The molecule has 0 aliphatic carbocycles. The molecule has 0 saturated carbocycles. The average Bonchev–Trinajstić information content (AvgIpc) is 1.80. The zero-order valence-corrected chi connectivity index (χ0v) is 6.88. The van der Waals surface area contributed by atoms with Crippen molar-refractivity contribution in [1.82, 2.24) is 0 Å². The molecule has 58 valence electrons. The number of allylic oxidation sites excluding steroid dienone is 4. The minimum absolute atomic E-state index is 0.0648. The SMILES string of the molecule is C/C=C/C(=C\C)P(=O)(O)O. The molecule has 0 aromatic heterocycles. The van der Waals surface area contributed by atoms with Gasteiger partial charge in [-0.3, -0.25) is 4.57 Å². The molecule has 0 rings (SSSR count). The zero-order valence-electron chi connectivity index (χ0n) is 5.98. The Hall–Kier alpha value is -0.370. The Balaban J connectivity index is 4.57. The maximum absolute atomic E-state index is 10.5. The summed E-state index contributed by atoms with van der Waals surface area (Å²) >= 11 is 0.